The van der Waals surface area contributed by atoms with Gasteiger partial charge in [0.15, 0.2) is 0 Å². The summed E-state index contributed by atoms with van der Waals surface area (Å²) >= 11 is 0. The van der Waals surface area contributed by atoms with E-state index in [4.69, 9.17) is 5.11 Å². The molecule has 0 unspecified atom stereocenters. The minimum atomic E-state index is -4.54. The zero-order valence-electron chi connectivity index (χ0n) is 13.7. The van der Waals surface area contributed by atoms with Gasteiger partial charge in [0.1, 0.15) is 11.4 Å². The molecular weight excluding hydrogens is 349 g/mol. The fourth-order valence-electron chi connectivity index (χ4n) is 2.35. The zero-order chi connectivity index (χ0) is 18.7. The van der Waals surface area contributed by atoms with Gasteiger partial charge >= 0.3 is 6.18 Å². The maximum absolute atomic E-state index is 12.8. The van der Waals surface area contributed by atoms with E-state index in [1.54, 1.807) is 18.3 Å². The van der Waals surface area contributed by atoms with Gasteiger partial charge in [-0.05, 0) is 36.8 Å². The molecule has 3 rings (SSSR count). The highest BCUT2D eigenvalue weighted by atomic mass is 19.4. The van der Waals surface area contributed by atoms with Gasteiger partial charge in [-0.1, -0.05) is 5.21 Å². The Labute approximate surface area is 146 Å². The summed E-state index contributed by atoms with van der Waals surface area (Å²) in [7, 11) is 0. The number of aliphatic hydroxyl groups excluding tert-OH is 1. The molecule has 0 aliphatic heterocycles. The molecule has 2 N–H and O–H groups in total. The molecule has 3 aromatic rings. The second-order valence-corrected chi connectivity index (χ2v) is 5.57. The van der Waals surface area contributed by atoms with E-state index in [1.807, 2.05) is 13.0 Å². The molecule has 0 saturated heterocycles. The Morgan fingerprint density at radius 2 is 2.04 bits per heavy atom. The Balaban J connectivity index is 1.88. The number of nitrogens with one attached hydrogen (secondary N) is 1. The average molecular weight is 364 g/mol. The van der Waals surface area contributed by atoms with Crippen LogP contribution in [0.25, 0.3) is 11.3 Å². The van der Waals surface area contributed by atoms with E-state index in [2.05, 4.69) is 25.6 Å². The predicted molar refractivity (Wildman–Crippen MR) is 87.6 cm³/mol. The van der Waals surface area contributed by atoms with Crippen LogP contribution in [0.4, 0.5) is 24.8 Å². The topological polar surface area (TPSA) is 88.8 Å². The smallest absolute Gasteiger partial charge is 0.394 e. The summed E-state index contributed by atoms with van der Waals surface area (Å²) in [6.45, 7) is 2.11. The highest BCUT2D eigenvalue weighted by Gasteiger charge is 2.32. The standard InChI is InChI=1S/C16H15F3N6O/c1-10-6-11(13-9-25(4-5-26)24-23-13)8-12(7-10)21-15-20-3-2-14(22-15)16(17,18)19/h2-3,6-9,26H,4-5H2,1H3,(H,20,21,22). The summed E-state index contributed by atoms with van der Waals surface area (Å²) < 4.78 is 39.8. The van der Waals surface area contributed by atoms with Gasteiger partial charge < -0.3 is 10.4 Å². The van der Waals surface area contributed by atoms with Crippen LogP contribution < -0.4 is 5.32 Å². The third-order valence-corrected chi connectivity index (χ3v) is 3.44. The molecular formula is C16H15F3N6O. The molecule has 7 nitrogen and oxygen atoms in total. The first-order valence-electron chi connectivity index (χ1n) is 7.65. The molecule has 2 heterocycles. The van der Waals surface area contributed by atoms with Gasteiger partial charge in [0, 0.05) is 17.4 Å². The van der Waals surface area contributed by atoms with E-state index in [0.29, 0.717) is 17.9 Å². The van der Waals surface area contributed by atoms with Crippen molar-refractivity contribution in [3.63, 3.8) is 0 Å². The number of alkyl halides is 3. The second kappa shape index (κ2) is 7.08. The zero-order valence-corrected chi connectivity index (χ0v) is 13.7. The Morgan fingerprint density at radius 1 is 1.23 bits per heavy atom. The summed E-state index contributed by atoms with van der Waals surface area (Å²) in [5.74, 6) is -0.152. The molecule has 136 valence electrons. The Bertz CT molecular complexity index is 909. The number of rotatable bonds is 5. The number of benzene rings is 1. The first-order valence-corrected chi connectivity index (χ1v) is 7.65. The van der Waals surface area contributed by atoms with Crippen LogP contribution in [0.5, 0.6) is 0 Å². The number of hydrogen-bond donors (Lipinski definition) is 2. The molecule has 1 aromatic carbocycles. The fraction of sp³-hybridized carbons (Fsp3) is 0.250. The summed E-state index contributed by atoms with van der Waals surface area (Å²) in [5, 5.41) is 19.7. The van der Waals surface area contributed by atoms with Gasteiger partial charge in [-0.25, -0.2) is 14.6 Å². The number of aromatic nitrogens is 5. The van der Waals surface area contributed by atoms with Gasteiger partial charge in [-0.3, -0.25) is 0 Å². The summed E-state index contributed by atoms with van der Waals surface area (Å²) in [6, 6.07) is 6.15. The number of aryl methyl sites for hydroxylation is 1. The van der Waals surface area contributed by atoms with Crippen molar-refractivity contribution in [1.82, 2.24) is 25.0 Å². The Morgan fingerprint density at radius 3 is 2.77 bits per heavy atom. The molecule has 26 heavy (non-hydrogen) atoms. The molecule has 0 saturated carbocycles. The molecule has 0 fully saturated rings. The minimum Gasteiger partial charge on any atom is -0.394 e. The Kier molecular flexibility index (Phi) is 4.85. The quantitative estimate of drug-likeness (QED) is 0.724. The Hall–Kier alpha value is -3.01. The van der Waals surface area contributed by atoms with E-state index in [-0.39, 0.29) is 12.6 Å². The first kappa shape index (κ1) is 17.8. The molecule has 0 spiro atoms. The largest absolute Gasteiger partial charge is 0.433 e. The lowest BCUT2D eigenvalue weighted by molar-refractivity contribution is -0.141. The highest BCUT2D eigenvalue weighted by molar-refractivity contribution is 5.68. The van der Waals surface area contributed by atoms with Gasteiger partial charge in [0.05, 0.1) is 19.3 Å². The van der Waals surface area contributed by atoms with Crippen LogP contribution in [-0.2, 0) is 12.7 Å². The van der Waals surface area contributed by atoms with Crippen molar-refractivity contribution in [3.05, 3.63) is 47.9 Å². The fourth-order valence-corrected chi connectivity index (χ4v) is 2.35. The van der Waals surface area contributed by atoms with Crippen molar-refractivity contribution in [3.8, 4) is 11.3 Å². The predicted octanol–water partition coefficient (Wildman–Crippen LogP) is 2.80. The van der Waals surface area contributed by atoms with Crippen LogP contribution in [0.2, 0.25) is 0 Å². The number of aliphatic hydroxyl groups is 1. The van der Waals surface area contributed by atoms with E-state index in [1.165, 1.54) is 4.68 Å². The van der Waals surface area contributed by atoms with Crippen molar-refractivity contribution >= 4 is 11.6 Å². The molecule has 0 aliphatic rings. The van der Waals surface area contributed by atoms with Crippen LogP contribution in [0.3, 0.4) is 0 Å². The first-order chi connectivity index (χ1) is 12.3. The molecule has 0 atom stereocenters. The van der Waals surface area contributed by atoms with Gasteiger partial charge in [-0.2, -0.15) is 13.2 Å². The lowest BCUT2D eigenvalue weighted by Gasteiger charge is -2.10. The van der Waals surface area contributed by atoms with Gasteiger partial charge in [0.25, 0.3) is 0 Å². The lowest BCUT2D eigenvalue weighted by Crippen LogP contribution is -2.10. The van der Waals surface area contributed by atoms with Crippen LogP contribution in [0.15, 0.2) is 36.7 Å². The molecule has 2 aromatic heterocycles. The van der Waals surface area contributed by atoms with E-state index in [0.717, 1.165) is 23.4 Å². The third kappa shape index (κ3) is 4.14. The molecule has 0 radical (unpaired) electrons. The van der Waals surface area contributed by atoms with Crippen molar-refractivity contribution in [2.45, 2.75) is 19.6 Å². The molecule has 0 bridgehead atoms. The van der Waals surface area contributed by atoms with E-state index >= 15 is 0 Å². The number of anilines is 2. The maximum Gasteiger partial charge on any atom is 0.433 e. The van der Waals surface area contributed by atoms with Gasteiger partial charge in [-0.15, -0.1) is 5.10 Å². The number of hydrogen-bond acceptors (Lipinski definition) is 6. The second-order valence-electron chi connectivity index (χ2n) is 5.57. The van der Waals surface area contributed by atoms with Crippen LogP contribution in [0.1, 0.15) is 11.3 Å². The average Bonchev–Trinajstić information content (AvgIpc) is 3.03. The van der Waals surface area contributed by atoms with Crippen molar-refractivity contribution in [1.29, 1.82) is 0 Å². The summed E-state index contributed by atoms with van der Waals surface area (Å²) in [4.78, 5) is 7.32. The van der Waals surface area contributed by atoms with Crippen molar-refractivity contribution < 1.29 is 18.3 Å². The highest BCUT2D eigenvalue weighted by Crippen LogP contribution is 2.29. The SMILES string of the molecule is Cc1cc(Nc2nccc(C(F)(F)F)n2)cc(-c2cn(CCO)nn2)c1. The summed E-state index contributed by atoms with van der Waals surface area (Å²) in [6.07, 6.45) is -1.81. The molecule has 10 heteroatoms. The van der Waals surface area contributed by atoms with Crippen molar-refractivity contribution in [2.75, 3.05) is 11.9 Å². The van der Waals surface area contributed by atoms with Crippen LogP contribution >= 0.6 is 0 Å². The number of halogens is 3. The molecule has 0 amide bonds. The van der Waals surface area contributed by atoms with E-state index < -0.39 is 11.9 Å². The monoisotopic (exact) mass is 364 g/mol. The van der Waals surface area contributed by atoms with Crippen LogP contribution in [0, 0.1) is 6.92 Å². The minimum absolute atomic E-state index is 0.0592. The van der Waals surface area contributed by atoms with Gasteiger partial charge in [0.2, 0.25) is 5.95 Å². The normalized spacial score (nSPS) is 11.6. The van der Waals surface area contributed by atoms with E-state index in [9.17, 15) is 13.2 Å². The molecule has 0 aliphatic carbocycles. The lowest BCUT2D eigenvalue weighted by atomic mass is 10.1. The number of nitrogens with zero attached hydrogens (tertiary/aromatic N) is 5. The van der Waals surface area contributed by atoms with Crippen LogP contribution in [-0.4, -0.2) is 36.7 Å². The summed E-state index contributed by atoms with van der Waals surface area (Å²) in [5.41, 5.74) is 1.68. The maximum atomic E-state index is 12.8. The third-order valence-electron chi connectivity index (χ3n) is 3.44. The van der Waals surface area contributed by atoms with Crippen molar-refractivity contribution in [2.24, 2.45) is 0 Å².